The summed E-state index contributed by atoms with van der Waals surface area (Å²) in [5.41, 5.74) is 1.74. The van der Waals surface area contributed by atoms with E-state index in [-0.39, 0.29) is 17.6 Å². The number of hydrogen-bond donors (Lipinski definition) is 2. The van der Waals surface area contributed by atoms with E-state index in [0.29, 0.717) is 0 Å². The average Bonchev–Trinajstić information content (AvgIpc) is 2.32. The first-order valence-corrected chi connectivity index (χ1v) is 6.32. The molecule has 0 bridgehead atoms. The van der Waals surface area contributed by atoms with Gasteiger partial charge in [0.15, 0.2) is 5.78 Å². The van der Waals surface area contributed by atoms with Gasteiger partial charge in [0, 0.05) is 5.56 Å². The van der Waals surface area contributed by atoms with Crippen molar-refractivity contribution in [3.8, 4) is 5.75 Å². The summed E-state index contributed by atoms with van der Waals surface area (Å²) in [6.45, 7) is 3.04. The molecule has 1 aromatic carbocycles. The smallest absolute Gasteiger partial charge is 0.180 e. The monoisotopic (exact) mass is 233 g/mol. The Hall–Kier alpha value is -1.35. The van der Waals surface area contributed by atoms with E-state index in [1.807, 2.05) is 0 Å². The lowest BCUT2D eigenvalue weighted by Crippen LogP contribution is -2.40. The van der Waals surface area contributed by atoms with E-state index in [2.05, 4.69) is 12.2 Å². The maximum absolute atomic E-state index is 12.2. The molecule has 0 aromatic heterocycles. The molecule has 0 saturated carbocycles. The highest BCUT2D eigenvalue weighted by Gasteiger charge is 2.26. The third-order valence-electron chi connectivity index (χ3n) is 3.29. The van der Waals surface area contributed by atoms with Gasteiger partial charge < -0.3 is 10.4 Å². The van der Waals surface area contributed by atoms with Crippen molar-refractivity contribution in [1.29, 1.82) is 0 Å². The Bertz CT molecular complexity index is 415. The number of fused-ring (bicyclic) bond motifs is 1. The lowest BCUT2D eigenvalue weighted by Gasteiger charge is -2.24. The van der Waals surface area contributed by atoms with Gasteiger partial charge in [-0.1, -0.05) is 13.3 Å². The van der Waals surface area contributed by atoms with Crippen molar-refractivity contribution in [2.45, 2.75) is 38.6 Å². The van der Waals surface area contributed by atoms with Crippen molar-refractivity contribution in [1.82, 2.24) is 5.32 Å². The molecule has 0 amide bonds. The maximum Gasteiger partial charge on any atom is 0.180 e. The maximum atomic E-state index is 12.2. The number of Topliss-reactive ketones (excluding diaryl/α,β-unsaturated/α-hetero) is 1. The Morgan fingerprint density at radius 2 is 2.29 bits per heavy atom. The van der Waals surface area contributed by atoms with Gasteiger partial charge in [-0.3, -0.25) is 4.79 Å². The second-order valence-corrected chi connectivity index (χ2v) is 4.60. The Morgan fingerprint density at radius 3 is 3.06 bits per heavy atom. The largest absolute Gasteiger partial charge is 0.508 e. The summed E-state index contributed by atoms with van der Waals surface area (Å²) in [6.07, 6.45) is 3.93. The van der Waals surface area contributed by atoms with Crippen LogP contribution in [0, 0.1) is 0 Å². The van der Waals surface area contributed by atoms with Gasteiger partial charge in [-0.05, 0) is 49.6 Å². The van der Waals surface area contributed by atoms with E-state index in [1.54, 1.807) is 18.2 Å². The highest BCUT2D eigenvalue weighted by atomic mass is 16.3. The van der Waals surface area contributed by atoms with Gasteiger partial charge in [0.25, 0.3) is 0 Å². The van der Waals surface area contributed by atoms with Crippen molar-refractivity contribution >= 4 is 5.78 Å². The highest BCUT2D eigenvalue weighted by molar-refractivity contribution is 6.02. The number of carbonyl (C=O) groups excluding carboxylic acids is 1. The van der Waals surface area contributed by atoms with Crippen LogP contribution in [0.15, 0.2) is 18.2 Å². The highest BCUT2D eigenvalue weighted by Crippen LogP contribution is 2.25. The van der Waals surface area contributed by atoms with Gasteiger partial charge in [-0.2, -0.15) is 0 Å². The zero-order chi connectivity index (χ0) is 12.3. The fourth-order valence-corrected chi connectivity index (χ4v) is 2.29. The van der Waals surface area contributed by atoms with Crippen LogP contribution in [0.4, 0.5) is 0 Å². The van der Waals surface area contributed by atoms with Crippen LogP contribution in [-0.2, 0) is 6.42 Å². The number of aryl methyl sites for hydroxylation is 1. The molecule has 2 N–H and O–H groups in total. The van der Waals surface area contributed by atoms with Crippen LogP contribution in [0.2, 0.25) is 0 Å². The summed E-state index contributed by atoms with van der Waals surface area (Å²) in [5, 5.41) is 12.7. The molecular weight excluding hydrogens is 214 g/mol. The van der Waals surface area contributed by atoms with E-state index >= 15 is 0 Å². The Morgan fingerprint density at radius 1 is 1.47 bits per heavy atom. The standard InChI is InChI=1S/C14H19NO2/c1-2-3-8-15-13-7-4-10-9-11(16)5-6-12(10)14(13)17/h5-6,9,13,15-16H,2-4,7-8H2,1H3. The second-order valence-electron chi connectivity index (χ2n) is 4.60. The number of unbranched alkanes of at least 4 members (excludes halogenated alkanes) is 1. The van der Waals surface area contributed by atoms with E-state index in [9.17, 15) is 9.90 Å². The number of rotatable bonds is 4. The lowest BCUT2D eigenvalue weighted by atomic mass is 9.87. The minimum absolute atomic E-state index is 0.0430. The van der Waals surface area contributed by atoms with Crippen LogP contribution in [0.1, 0.15) is 42.1 Å². The summed E-state index contributed by atoms with van der Waals surface area (Å²) in [4.78, 5) is 12.2. The number of phenolic OH excluding ortho intramolecular Hbond substituents is 1. The summed E-state index contributed by atoms with van der Waals surface area (Å²) in [6, 6.07) is 4.99. The molecule has 1 atom stereocenters. The molecule has 2 rings (SSSR count). The van der Waals surface area contributed by atoms with Gasteiger partial charge in [-0.25, -0.2) is 0 Å². The van der Waals surface area contributed by atoms with Crippen molar-refractivity contribution in [3.63, 3.8) is 0 Å². The van der Waals surface area contributed by atoms with Gasteiger partial charge in [-0.15, -0.1) is 0 Å². The number of ketones is 1. The van der Waals surface area contributed by atoms with Gasteiger partial charge in [0.05, 0.1) is 6.04 Å². The SMILES string of the molecule is CCCCNC1CCc2cc(O)ccc2C1=O. The Kier molecular flexibility index (Phi) is 3.79. The number of aromatic hydroxyl groups is 1. The fourth-order valence-electron chi connectivity index (χ4n) is 2.29. The molecule has 0 fully saturated rings. The third-order valence-corrected chi connectivity index (χ3v) is 3.29. The normalized spacial score (nSPS) is 19.1. The van der Waals surface area contributed by atoms with Gasteiger partial charge >= 0.3 is 0 Å². The molecule has 1 aromatic rings. The summed E-state index contributed by atoms with van der Waals surface area (Å²) >= 11 is 0. The number of phenols is 1. The molecule has 1 aliphatic carbocycles. The predicted molar refractivity (Wildman–Crippen MR) is 67.5 cm³/mol. The van der Waals surface area contributed by atoms with E-state index in [0.717, 1.165) is 43.4 Å². The molecule has 92 valence electrons. The minimum Gasteiger partial charge on any atom is -0.508 e. The first kappa shape index (κ1) is 12.1. The second kappa shape index (κ2) is 5.32. The van der Waals surface area contributed by atoms with Crippen molar-refractivity contribution < 1.29 is 9.90 Å². The summed E-state index contributed by atoms with van der Waals surface area (Å²) < 4.78 is 0. The quantitative estimate of drug-likeness (QED) is 0.784. The number of hydrogen-bond acceptors (Lipinski definition) is 3. The van der Waals surface area contributed by atoms with Crippen LogP contribution in [-0.4, -0.2) is 23.5 Å². The van der Waals surface area contributed by atoms with Crippen LogP contribution in [0.5, 0.6) is 5.75 Å². The summed E-state index contributed by atoms with van der Waals surface area (Å²) in [5.74, 6) is 0.413. The van der Waals surface area contributed by atoms with E-state index < -0.39 is 0 Å². The van der Waals surface area contributed by atoms with Crippen molar-refractivity contribution in [2.75, 3.05) is 6.54 Å². The Balaban J connectivity index is 2.08. The summed E-state index contributed by atoms with van der Waals surface area (Å²) in [7, 11) is 0. The lowest BCUT2D eigenvalue weighted by molar-refractivity contribution is 0.0928. The zero-order valence-electron chi connectivity index (χ0n) is 10.2. The first-order valence-electron chi connectivity index (χ1n) is 6.32. The van der Waals surface area contributed by atoms with Crippen LogP contribution >= 0.6 is 0 Å². The zero-order valence-corrected chi connectivity index (χ0v) is 10.2. The van der Waals surface area contributed by atoms with Gasteiger partial charge in [0.2, 0.25) is 0 Å². The van der Waals surface area contributed by atoms with Crippen molar-refractivity contribution in [3.05, 3.63) is 29.3 Å². The minimum atomic E-state index is -0.0430. The molecule has 1 aliphatic rings. The first-order chi connectivity index (χ1) is 8.22. The topological polar surface area (TPSA) is 49.3 Å². The molecule has 17 heavy (non-hydrogen) atoms. The molecule has 0 heterocycles. The molecule has 3 heteroatoms. The predicted octanol–water partition coefficient (Wildman–Crippen LogP) is 2.28. The van der Waals surface area contributed by atoms with Gasteiger partial charge in [0.1, 0.15) is 5.75 Å². The molecule has 0 radical (unpaired) electrons. The molecule has 0 spiro atoms. The average molecular weight is 233 g/mol. The van der Waals surface area contributed by atoms with Crippen LogP contribution in [0.25, 0.3) is 0 Å². The molecule has 3 nitrogen and oxygen atoms in total. The van der Waals surface area contributed by atoms with Crippen LogP contribution in [0.3, 0.4) is 0 Å². The third kappa shape index (κ3) is 2.67. The number of nitrogens with one attached hydrogen (secondary N) is 1. The van der Waals surface area contributed by atoms with Crippen LogP contribution < -0.4 is 5.32 Å². The molecule has 0 aliphatic heterocycles. The fraction of sp³-hybridized carbons (Fsp3) is 0.500. The number of benzene rings is 1. The van der Waals surface area contributed by atoms with Crippen molar-refractivity contribution in [2.24, 2.45) is 0 Å². The molecule has 0 saturated heterocycles. The molecule has 1 unspecified atom stereocenters. The van der Waals surface area contributed by atoms with E-state index in [1.165, 1.54) is 0 Å². The molecular formula is C14H19NO2. The number of carbonyl (C=O) groups is 1. The Labute approximate surface area is 102 Å². The van der Waals surface area contributed by atoms with E-state index in [4.69, 9.17) is 0 Å².